The van der Waals surface area contributed by atoms with E-state index in [1.54, 1.807) is 5.01 Å². The third-order valence-corrected chi connectivity index (χ3v) is 4.18. The molecule has 6 unspecified atom stereocenters. The first-order valence-electron chi connectivity index (χ1n) is 6.40. The maximum Gasteiger partial charge on any atom is 0.0826 e. The first kappa shape index (κ1) is 11.8. The Morgan fingerprint density at radius 3 is 2.53 bits per heavy atom. The van der Waals surface area contributed by atoms with E-state index in [4.69, 9.17) is 17.3 Å². The van der Waals surface area contributed by atoms with Gasteiger partial charge < -0.3 is 11.5 Å². The van der Waals surface area contributed by atoms with Crippen molar-refractivity contribution in [2.45, 2.75) is 63.1 Å². The highest BCUT2D eigenvalue weighted by atomic mass is 15.6. The van der Waals surface area contributed by atoms with Crippen molar-refractivity contribution in [3.63, 3.8) is 0 Å². The van der Waals surface area contributed by atoms with Crippen LogP contribution < -0.4 is 27.9 Å². The Kier molecular flexibility index (Phi) is 2.86. The molecular formula is C10H23N7. The average molecular weight is 241 g/mol. The number of rotatable bonds is 0. The molecule has 3 saturated heterocycles. The standard InChI is InChI=1S/C10H23N7/c1-5-2-8-15-6(11)3-10-16(8)9(14-5)4-7(12)17(10)13/h5-10,14-15H,2-4,11-13H2,1H3. The predicted molar refractivity (Wildman–Crippen MR) is 64.8 cm³/mol. The maximum atomic E-state index is 6.09. The van der Waals surface area contributed by atoms with E-state index in [0.717, 1.165) is 19.3 Å². The second-order valence-corrected chi connectivity index (χ2v) is 5.52. The van der Waals surface area contributed by atoms with Crippen LogP contribution in [0.5, 0.6) is 0 Å². The molecule has 0 aromatic heterocycles. The Bertz CT molecular complexity index is 288. The molecule has 0 amide bonds. The van der Waals surface area contributed by atoms with Crippen molar-refractivity contribution in [2.24, 2.45) is 17.3 Å². The lowest BCUT2D eigenvalue weighted by Crippen LogP contribution is -2.80. The zero-order valence-electron chi connectivity index (χ0n) is 10.2. The fourth-order valence-corrected chi connectivity index (χ4v) is 3.43. The number of nitrogens with zero attached hydrogens (tertiary/aromatic N) is 2. The van der Waals surface area contributed by atoms with Gasteiger partial charge in [-0.15, -0.1) is 0 Å². The van der Waals surface area contributed by atoms with Gasteiger partial charge >= 0.3 is 0 Å². The number of hydrogen-bond acceptors (Lipinski definition) is 7. The van der Waals surface area contributed by atoms with Crippen molar-refractivity contribution in [3.8, 4) is 0 Å². The van der Waals surface area contributed by atoms with Crippen molar-refractivity contribution in [1.82, 2.24) is 20.5 Å². The number of hydrogen-bond donors (Lipinski definition) is 5. The molecule has 3 heterocycles. The van der Waals surface area contributed by atoms with Crippen LogP contribution in [0.2, 0.25) is 0 Å². The van der Waals surface area contributed by atoms with Gasteiger partial charge in [0, 0.05) is 18.9 Å². The lowest BCUT2D eigenvalue weighted by molar-refractivity contribution is -0.154. The van der Waals surface area contributed by atoms with E-state index in [1.165, 1.54) is 0 Å². The highest BCUT2D eigenvalue weighted by molar-refractivity contribution is 4.99. The predicted octanol–water partition coefficient (Wildman–Crippen LogP) is -2.21. The van der Waals surface area contributed by atoms with E-state index < -0.39 is 0 Å². The fourth-order valence-electron chi connectivity index (χ4n) is 3.43. The lowest BCUT2D eigenvalue weighted by atomic mass is 9.96. The Morgan fingerprint density at radius 1 is 1.06 bits per heavy atom. The molecule has 7 nitrogen and oxygen atoms in total. The molecule has 17 heavy (non-hydrogen) atoms. The van der Waals surface area contributed by atoms with Gasteiger partial charge in [-0.2, -0.15) is 0 Å². The minimum atomic E-state index is -0.0926. The molecule has 0 aromatic rings. The van der Waals surface area contributed by atoms with Crippen LogP contribution >= 0.6 is 0 Å². The van der Waals surface area contributed by atoms with Crippen LogP contribution in [-0.4, -0.2) is 46.8 Å². The Balaban J connectivity index is 1.88. The van der Waals surface area contributed by atoms with Gasteiger partial charge in [0.2, 0.25) is 0 Å². The van der Waals surface area contributed by atoms with Crippen molar-refractivity contribution >= 4 is 0 Å². The van der Waals surface area contributed by atoms with Gasteiger partial charge in [0.25, 0.3) is 0 Å². The number of nitrogens with one attached hydrogen (secondary N) is 2. The topological polar surface area (TPSA) is 109 Å². The third kappa shape index (κ3) is 1.88. The van der Waals surface area contributed by atoms with Crippen LogP contribution in [0.25, 0.3) is 0 Å². The van der Waals surface area contributed by atoms with Crippen molar-refractivity contribution in [3.05, 3.63) is 0 Å². The molecule has 6 atom stereocenters. The van der Waals surface area contributed by atoms with Gasteiger partial charge in [-0.1, -0.05) is 0 Å². The zero-order valence-corrected chi connectivity index (χ0v) is 10.2. The molecule has 0 spiro atoms. The molecule has 0 aromatic carbocycles. The summed E-state index contributed by atoms with van der Waals surface area (Å²) < 4.78 is 0. The molecule has 0 radical (unpaired) electrons. The summed E-state index contributed by atoms with van der Waals surface area (Å²) in [5, 5.41) is 8.81. The molecule has 3 fully saturated rings. The van der Waals surface area contributed by atoms with Gasteiger partial charge in [-0.05, 0) is 13.3 Å². The molecule has 7 heteroatoms. The molecule has 0 aliphatic carbocycles. The van der Waals surface area contributed by atoms with E-state index in [2.05, 4.69) is 22.5 Å². The molecular weight excluding hydrogens is 218 g/mol. The third-order valence-electron chi connectivity index (χ3n) is 4.18. The van der Waals surface area contributed by atoms with Crippen LogP contribution in [-0.2, 0) is 0 Å². The first-order chi connectivity index (χ1) is 8.06. The highest BCUT2D eigenvalue weighted by Crippen LogP contribution is 2.31. The quantitative estimate of drug-likeness (QED) is 0.306. The van der Waals surface area contributed by atoms with Gasteiger partial charge in [0.05, 0.1) is 30.8 Å². The van der Waals surface area contributed by atoms with Crippen molar-refractivity contribution in [1.29, 1.82) is 0 Å². The summed E-state index contributed by atoms with van der Waals surface area (Å²) in [6.45, 7) is 2.20. The highest BCUT2D eigenvalue weighted by Gasteiger charge is 2.48. The fraction of sp³-hybridized carbons (Fsp3) is 1.00. The summed E-state index contributed by atoms with van der Waals surface area (Å²) >= 11 is 0. The maximum absolute atomic E-state index is 6.09. The number of nitrogens with two attached hydrogens (primary N) is 3. The largest absolute Gasteiger partial charge is 0.316 e. The van der Waals surface area contributed by atoms with Crippen LogP contribution in [0.15, 0.2) is 0 Å². The second-order valence-electron chi connectivity index (χ2n) is 5.52. The normalized spacial score (nSPS) is 52.2. The minimum Gasteiger partial charge on any atom is -0.316 e. The monoisotopic (exact) mass is 241 g/mol. The molecule has 98 valence electrons. The second kappa shape index (κ2) is 4.13. The van der Waals surface area contributed by atoms with Gasteiger partial charge in [0.1, 0.15) is 0 Å². The molecule has 3 aliphatic heterocycles. The number of hydrazine groups is 1. The molecule has 8 N–H and O–H groups in total. The van der Waals surface area contributed by atoms with E-state index in [0.29, 0.717) is 18.4 Å². The van der Waals surface area contributed by atoms with E-state index in [9.17, 15) is 0 Å². The summed E-state index contributed by atoms with van der Waals surface area (Å²) in [6.07, 6.45) is 3.38. The summed E-state index contributed by atoms with van der Waals surface area (Å²) in [5.74, 6) is 6.09. The first-order valence-corrected chi connectivity index (χ1v) is 6.40. The summed E-state index contributed by atoms with van der Waals surface area (Å²) in [4.78, 5) is 2.40. The van der Waals surface area contributed by atoms with Gasteiger partial charge in [-0.25, -0.2) is 5.01 Å². The van der Waals surface area contributed by atoms with E-state index in [1.807, 2.05) is 0 Å². The minimum absolute atomic E-state index is 0.00329. The van der Waals surface area contributed by atoms with Gasteiger partial charge in [-0.3, -0.25) is 21.4 Å². The van der Waals surface area contributed by atoms with Crippen LogP contribution in [0.1, 0.15) is 26.2 Å². The average Bonchev–Trinajstić information content (AvgIpc) is 2.24. The van der Waals surface area contributed by atoms with Gasteiger partial charge in [0.15, 0.2) is 0 Å². The lowest BCUT2D eigenvalue weighted by Gasteiger charge is -2.59. The smallest absolute Gasteiger partial charge is 0.0826 e. The summed E-state index contributed by atoms with van der Waals surface area (Å²) in [5.41, 5.74) is 12.1. The van der Waals surface area contributed by atoms with E-state index >= 15 is 0 Å². The molecule has 0 saturated carbocycles. The van der Waals surface area contributed by atoms with Crippen LogP contribution in [0.3, 0.4) is 0 Å². The summed E-state index contributed by atoms with van der Waals surface area (Å²) in [6, 6.07) is 0.483. The summed E-state index contributed by atoms with van der Waals surface area (Å²) in [7, 11) is 0. The van der Waals surface area contributed by atoms with Crippen LogP contribution in [0, 0.1) is 0 Å². The Labute approximate surface area is 102 Å². The molecule has 3 aliphatic rings. The van der Waals surface area contributed by atoms with Crippen molar-refractivity contribution < 1.29 is 0 Å². The van der Waals surface area contributed by atoms with Crippen molar-refractivity contribution in [2.75, 3.05) is 0 Å². The molecule has 0 bridgehead atoms. The SMILES string of the molecule is CC1CC2NC(N)CC3N(N)C(N)CC(N1)N23. The zero-order chi connectivity index (χ0) is 12.2. The Morgan fingerprint density at radius 2 is 1.76 bits per heavy atom. The van der Waals surface area contributed by atoms with Crippen LogP contribution in [0.4, 0.5) is 0 Å². The Hall–Kier alpha value is -0.280. The van der Waals surface area contributed by atoms with E-state index in [-0.39, 0.29) is 18.5 Å². The molecule has 3 rings (SSSR count).